The number of allylic oxidation sites excluding steroid dienone is 3. The van der Waals surface area contributed by atoms with Gasteiger partial charge in [-0.2, -0.15) is 0 Å². The van der Waals surface area contributed by atoms with E-state index >= 15 is 0 Å². The lowest BCUT2D eigenvalue weighted by molar-refractivity contribution is -0.116. The number of carbonyl (C=O) groups excluding carboxylic acids is 3. The Balaban J connectivity index is 2.24. The van der Waals surface area contributed by atoms with Gasteiger partial charge in [0.2, 0.25) is 0 Å². The fourth-order valence-electron chi connectivity index (χ4n) is 3.17. The molecule has 0 bridgehead atoms. The van der Waals surface area contributed by atoms with E-state index in [1.165, 1.54) is 7.11 Å². The van der Waals surface area contributed by atoms with Crippen LogP contribution >= 0.6 is 23.2 Å². The van der Waals surface area contributed by atoms with Crippen LogP contribution in [-0.4, -0.2) is 56.1 Å². The van der Waals surface area contributed by atoms with Gasteiger partial charge in [0.25, 0.3) is 0 Å². The summed E-state index contributed by atoms with van der Waals surface area (Å²) < 4.78 is 10.8. The zero-order valence-corrected chi connectivity index (χ0v) is 19.0. The first-order valence-corrected chi connectivity index (χ1v) is 10.5. The second kappa shape index (κ2) is 10.6. The van der Waals surface area contributed by atoms with Gasteiger partial charge in [-0.25, -0.2) is 4.79 Å². The highest BCUT2D eigenvalue weighted by Gasteiger charge is 2.28. The van der Waals surface area contributed by atoms with Crippen molar-refractivity contribution >= 4 is 46.4 Å². The molecule has 0 radical (unpaired) electrons. The molecule has 0 N–H and O–H groups in total. The van der Waals surface area contributed by atoms with E-state index in [9.17, 15) is 14.4 Å². The Morgan fingerprint density at radius 3 is 2.13 bits per heavy atom. The van der Waals surface area contributed by atoms with Crippen LogP contribution in [0.2, 0.25) is 0 Å². The van der Waals surface area contributed by atoms with Crippen LogP contribution in [0, 0.1) is 0 Å². The molecule has 0 aliphatic heterocycles. The van der Waals surface area contributed by atoms with Crippen molar-refractivity contribution in [3.8, 4) is 5.75 Å². The minimum Gasteiger partial charge on any atom is -0.495 e. The maximum atomic E-state index is 12.7. The SMILES string of the molecule is COc1ccc(C(=O)OCC2=C(C)C(=O)C(C)=C(C)C2=O)cc1N(CCCl)CCCl. The molecule has 1 aliphatic rings. The molecule has 30 heavy (non-hydrogen) atoms. The van der Waals surface area contributed by atoms with Crippen molar-refractivity contribution in [3.05, 3.63) is 46.1 Å². The Morgan fingerprint density at radius 2 is 1.57 bits per heavy atom. The normalized spacial score (nSPS) is 14.3. The summed E-state index contributed by atoms with van der Waals surface area (Å²) in [7, 11) is 1.54. The van der Waals surface area contributed by atoms with Gasteiger partial charge in [-0.15, -0.1) is 23.2 Å². The summed E-state index contributed by atoms with van der Waals surface area (Å²) in [6, 6.07) is 4.89. The quantitative estimate of drug-likeness (QED) is 0.320. The fraction of sp³-hybridized carbons (Fsp3) is 0.409. The molecular weight excluding hydrogens is 429 g/mol. The second-order valence-corrected chi connectivity index (χ2v) is 7.60. The van der Waals surface area contributed by atoms with E-state index in [0.717, 1.165) is 0 Å². The molecule has 0 atom stereocenters. The van der Waals surface area contributed by atoms with Crippen LogP contribution in [-0.2, 0) is 14.3 Å². The summed E-state index contributed by atoms with van der Waals surface area (Å²) in [5.41, 5.74) is 2.27. The highest BCUT2D eigenvalue weighted by molar-refractivity contribution is 6.24. The molecule has 8 heteroatoms. The van der Waals surface area contributed by atoms with Crippen LogP contribution in [0.15, 0.2) is 40.5 Å². The van der Waals surface area contributed by atoms with Crippen molar-refractivity contribution in [2.24, 2.45) is 0 Å². The van der Waals surface area contributed by atoms with E-state index in [-0.39, 0.29) is 29.3 Å². The lowest BCUT2D eigenvalue weighted by Crippen LogP contribution is -2.28. The number of rotatable bonds is 9. The lowest BCUT2D eigenvalue weighted by atomic mass is 9.86. The Kier molecular flexibility index (Phi) is 8.50. The van der Waals surface area contributed by atoms with E-state index in [1.54, 1.807) is 39.0 Å². The van der Waals surface area contributed by atoms with Crippen LogP contribution in [0.25, 0.3) is 0 Å². The second-order valence-electron chi connectivity index (χ2n) is 6.84. The van der Waals surface area contributed by atoms with Gasteiger partial charge in [0.05, 0.1) is 18.4 Å². The van der Waals surface area contributed by atoms with Gasteiger partial charge in [0.1, 0.15) is 12.4 Å². The molecule has 0 saturated carbocycles. The molecule has 0 saturated heterocycles. The topological polar surface area (TPSA) is 72.9 Å². The Hall–Kier alpha value is -2.31. The van der Waals surface area contributed by atoms with E-state index in [1.807, 2.05) is 4.90 Å². The lowest BCUT2D eigenvalue weighted by Gasteiger charge is -2.25. The third-order valence-corrected chi connectivity index (χ3v) is 5.46. The highest BCUT2D eigenvalue weighted by Crippen LogP contribution is 2.30. The Labute approximate surface area is 186 Å². The first kappa shape index (κ1) is 24.0. The highest BCUT2D eigenvalue weighted by atomic mass is 35.5. The number of Topliss-reactive ketones (excluding diaryl/α,β-unsaturated/α-hetero) is 2. The van der Waals surface area contributed by atoms with E-state index in [4.69, 9.17) is 32.7 Å². The standard InChI is InChI=1S/C22H25Cl2NO5/c1-13-14(2)21(27)17(15(3)20(13)26)12-30-22(28)16-5-6-19(29-4)18(11-16)25(9-7-23)10-8-24/h5-6,11H,7-10,12H2,1-4H3. The molecule has 1 aromatic carbocycles. The van der Waals surface area contributed by atoms with Gasteiger partial charge in [-0.05, 0) is 39.0 Å². The molecule has 0 heterocycles. The molecule has 0 aromatic heterocycles. The van der Waals surface area contributed by atoms with Crippen molar-refractivity contribution in [2.75, 3.05) is 43.5 Å². The number of carbonyl (C=O) groups is 3. The van der Waals surface area contributed by atoms with Gasteiger partial charge < -0.3 is 14.4 Å². The molecule has 1 aliphatic carbocycles. The zero-order chi connectivity index (χ0) is 22.4. The number of benzene rings is 1. The average molecular weight is 454 g/mol. The number of ketones is 2. The predicted molar refractivity (Wildman–Crippen MR) is 118 cm³/mol. The maximum absolute atomic E-state index is 12.7. The number of esters is 1. The zero-order valence-electron chi connectivity index (χ0n) is 17.5. The predicted octanol–water partition coefficient (Wildman–Crippen LogP) is 3.94. The Morgan fingerprint density at radius 1 is 0.967 bits per heavy atom. The van der Waals surface area contributed by atoms with Gasteiger partial charge in [0, 0.05) is 47.1 Å². The van der Waals surface area contributed by atoms with E-state index in [2.05, 4.69) is 0 Å². The fourth-order valence-corrected chi connectivity index (χ4v) is 3.58. The van der Waals surface area contributed by atoms with Gasteiger partial charge in [0.15, 0.2) is 11.6 Å². The molecule has 2 rings (SSSR count). The monoisotopic (exact) mass is 453 g/mol. The van der Waals surface area contributed by atoms with Crippen molar-refractivity contribution < 1.29 is 23.9 Å². The molecule has 162 valence electrons. The van der Waals surface area contributed by atoms with Crippen LogP contribution in [0.3, 0.4) is 0 Å². The number of hydrogen-bond donors (Lipinski definition) is 0. The summed E-state index contributed by atoms with van der Waals surface area (Å²) in [6.45, 7) is 5.57. The summed E-state index contributed by atoms with van der Waals surface area (Å²) in [4.78, 5) is 39.3. The molecule has 0 spiro atoms. The molecule has 6 nitrogen and oxygen atoms in total. The summed E-state index contributed by atoms with van der Waals surface area (Å²) >= 11 is 11.8. The molecule has 1 aromatic rings. The van der Waals surface area contributed by atoms with Crippen LogP contribution in [0.1, 0.15) is 31.1 Å². The van der Waals surface area contributed by atoms with Crippen molar-refractivity contribution in [1.29, 1.82) is 0 Å². The van der Waals surface area contributed by atoms with Crippen LogP contribution < -0.4 is 9.64 Å². The third kappa shape index (κ3) is 5.05. The Bertz CT molecular complexity index is 914. The number of anilines is 1. The van der Waals surface area contributed by atoms with Crippen molar-refractivity contribution in [1.82, 2.24) is 0 Å². The smallest absolute Gasteiger partial charge is 0.338 e. The number of methoxy groups -OCH3 is 1. The van der Waals surface area contributed by atoms with Gasteiger partial charge in [-0.3, -0.25) is 9.59 Å². The number of nitrogens with zero attached hydrogens (tertiary/aromatic N) is 1. The summed E-state index contributed by atoms with van der Waals surface area (Å²) in [5, 5.41) is 0. The molecule has 0 fully saturated rings. The number of ether oxygens (including phenoxy) is 2. The van der Waals surface area contributed by atoms with Crippen LogP contribution in [0.4, 0.5) is 5.69 Å². The minimum atomic E-state index is -0.611. The molecule has 0 unspecified atom stereocenters. The maximum Gasteiger partial charge on any atom is 0.338 e. The minimum absolute atomic E-state index is 0.205. The van der Waals surface area contributed by atoms with Gasteiger partial charge in [-0.1, -0.05) is 0 Å². The number of alkyl halides is 2. The first-order valence-electron chi connectivity index (χ1n) is 9.45. The van der Waals surface area contributed by atoms with Crippen LogP contribution in [0.5, 0.6) is 5.75 Å². The molecular formula is C22H25Cl2NO5. The average Bonchev–Trinajstić information content (AvgIpc) is 2.75. The largest absolute Gasteiger partial charge is 0.495 e. The number of halogens is 2. The third-order valence-electron chi connectivity index (χ3n) is 5.12. The van der Waals surface area contributed by atoms with Gasteiger partial charge >= 0.3 is 5.97 Å². The van der Waals surface area contributed by atoms with Crippen molar-refractivity contribution in [3.63, 3.8) is 0 Å². The summed E-state index contributed by atoms with van der Waals surface area (Å²) in [6.07, 6.45) is 0. The molecule has 0 amide bonds. The summed E-state index contributed by atoms with van der Waals surface area (Å²) in [5.74, 6) is 0.241. The van der Waals surface area contributed by atoms with E-state index < -0.39 is 5.97 Å². The van der Waals surface area contributed by atoms with E-state index in [0.29, 0.717) is 53.0 Å². The number of hydrogen-bond acceptors (Lipinski definition) is 6. The van der Waals surface area contributed by atoms with Crippen molar-refractivity contribution in [2.45, 2.75) is 20.8 Å². The first-order chi connectivity index (χ1) is 14.3.